The smallest absolute Gasteiger partial charge is 0.248 e. The van der Waals surface area contributed by atoms with Crippen molar-refractivity contribution in [3.05, 3.63) is 35.5 Å². The molecular formula is C16H17N3O3. The molecule has 3 N–H and O–H groups in total. The largest absolute Gasteiger partial charge is 0.391 e. The Morgan fingerprint density at radius 1 is 1.32 bits per heavy atom. The molecule has 6 heteroatoms. The number of piperazine rings is 1. The van der Waals surface area contributed by atoms with Crippen LogP contribution in [0.2, 0.25) is 0 Å². The lowest BCUT2D eigenvalue weighted by molar-refractivity contribution is -0.153. The topological polar surface area (TPSA) is 85.4 Å². The van der Waals surface area contributed by atoms with Gasteiger partial charge in [-0.1, -0.05) is 18.2 Å². The molecule has 2 aromatic rings. The molecule has 1 aromatic carbocycles. The van der Waals surface area contributed by atoms with Crippen molar-refractivity contribution in [2.75, 3.05) is 0 Å². The zero-order valence-corrected chi connectivity index (χ0v) is 12.2. The Balaban J connectivity index is 1.77. The molecule has 3 heterocycles. The van der Waals surface area contributed by atoms with E-state index < -0.39 is 18.2 Å². The van der Waals surface area contributed by atoms with Crippen molar-refractivity contribution in [3.8, 4) is 0 Å². The number of rotatable bonds is 1. The summed E-state index contributed by atoms with van der Waals surface area (Å²) in [6.07, 6.45) is -0.398. The van der Waals surface area contributed by atoms with Crippen LogP contribution < -0.4 is 5.32 Å². The number of H-pyrrole nitrogens is 1. The number of aromatic amines is 1. The maximum absolute atomic E-state index is 12.5. The molecule has 0 radical (unpaired) electrons. The molecule has 0 spiro atoms. The van der Waals surface area contributed by atoms with Gasteiger partial charge in [0.15, 0.2) is 0 Å². The number of aromatic nitrogens is 1. The first kappa shape index (κ1) is 13.3. The summed E-state index contributed by atoms with van der Waals surface area (Å²) in [6, 6.07) is 6.61. The van der Waals surface area contributed by atoms with Gasteiger partial charge >= 0.3 is 0 Å². The lowest BCUT2D eigenvalue weighted by atomic mass is 9.92. The lowest BCUT2D eigenvalue weighted by Gasteiger charge is -2.42. The fourth-order valence-electron chi connectivity index (χ4n) is 3.49. The Bertz CT molecular complexity index is 780. The van der Waals surface area contributed by atoms with E-state index in [0.29, 0.717) is 13.0 Å². The molecule has 2 aliphatic rings. The van der Waals surface area contributed by atoms with E-state index in [2.05, 4.69) is 10.3 Å². The zero-order chi connectivity index (χ0) is 15.4. The van der Waals surface area contributed by atoms with Crippen molar-refractivity contribution in [3.63, 3.8) is 0 Å². The number of nitrogens with zero attached hydrogens (tertiary/aromatic N) is 1. The minimum absolute atomic E-state index is 0.193. The molecule has 0 aliphatic carbocycles. The number of aliphatic hydroxyl groups is 1. The maximum atomic E-state index is 12.5. The molecule has 1 fully saturated rings. The quantitative estimate of drug-likeness (QED) is 0.708. The van der Waals surface area contributed by atoms with Crippen LogP contribution in [-0.2, 0) is 22.6 Å². The van der Waals surface area contributed by atoms with Gasteiger partial charge in [-0.3, -0.25) is 9.59 Å². The van der Waals surface area contributed by atoms with Crippen LogP contribution in [0.1, 0.15) is 18.2 Å². The molecular weight excluding hydrogens is 282 g/mol. The van der Waals surface area contributed by atoms with Crippen LogP contribution in [0.15, 0.2) is 24.3 Å². The summed E-state index contributed by atoms with van der Waals surface area (Å²) in [5.74, 6) is -0.412. The molecule has 0 unspecified atom stereocenters. The van der Waals surface area contributed by atoms with Crippen LogP contribution in [0.3, 0.4) is 0 Å². The highest BCUT2D eigenvalue weighted by Crippen LogP contribution is 2.32. The number of aliphatic hydroxyl groups excluding tert-OH is 1. The van der Waals surface area contributed by atoms with Crippen LogP contribution in [0.4, 0.5) is 0 Å². The highest BCUT2D eigenvalue weighted by atomic mass is 16.3. The summed E-state index contributed by atoms with van der Waals surface area (Å²) in [5.41, 5.74) is 3.10. The molecule has 0 bridgehead atoms. The third kappa shape index (κ3) is 1.77. The first-order valence-electron chi connectivity index (χ1n) is 7.43. The third-order valence-corrected chi connectivity index (χ3v) is 4.64. The highest BCUT2D eigenvalue weighted by Gasteiger charge is 2.45. The standard InChI is InChI=1S/C16H17N3O3/c1-8(20)14-16(22)19-7-12-10(6-13(19)15(21)18-14)9-4-2-3-5-11(9)17-12/h2-5,8,13-14,17,20H,6-7H2,1H3,(H,18,21)/t8-,13+,14+/m1/s1. The van der Waals surface area contributed by atoms with E-state index >= 15 is 0 Å². The molecule has 1 saturated heterocycles. The van der Waals surface area contributed by atoms with E-state index in [9.17, 15) is 14.7 Å². The molecule has 2 aliphatic heterocycles. The van der Waals surface area contributed by atoms with Gasteiger partial charge in [-0.25, -0.2) is 0 Å². The van der Waals surface area contributed by atoms with Crippen LogP contribution >= 0.6 is 0 Å². The van der Waals surface area contributed by atoms with Crippen molar-refractivity contribution in [1.29, 1.82) is 0 Å². The van der Waals surface area contributed by atoms with Gasteiger partial charge in [-0.05, 0) is 18.6 Å². The van der Waals surface area contributed by atoms with Gasteiger partial charge in [-0.2, -0.15) is 0 Å². The SMILES string of the molecule is C[C@@H](O)[C@@H]1NC(=O)[C@@H]2Cc3c([nH]c4ccccc34)CN2C1=O. The van der Waals surface area contributed by atoms with Gasteiger partial charge in [-0.15, -0.1) is 0 Å². The van der Waals surface area contributed by atoms with Crippen molar-refractivity contribution in [1.82, 2.24) is 15.2 Å². The van der Waals surface area contributed by atoms with Crippen LogP contribution in [-0.4, -0.2) is 45.0 Å². The summed E-state index contributed by atoms with van der Waals surface area (Å²) in [7, 11) is 0. The van der Waals surface area contributed by atoms with Gasteiger partial charge in [0.05, 0.1) is 12.6 Å². The Hall–Kier alpha value is -2.34. The molecule has 114 valence electrons. The molecule has 0 saturated carbocycles. The normalized spacial score (nSPS) is 25.6. The molecule has 3 atom stereocenters. The number of nitrogens with one attached hydrogen (secondary N) is 2. The van der Waals surface area contributed by atoms with Crippen LogP contribution in [0.25, 0.3) is 10.9 Å². The number of hydrogen-bond acceptors (Lipinski definition) is 3. The van der Waals surface area contributed by atoms with Crippen molar-refractivity contribution in [2.24, 2.45) is 0 Å². The fraction of sp³-hybridized carbons (Fsp3) is 0.375. The average Bonchev–Trinajstić information content (AvgIpc) is 2.87. The second-order valence-electron chi connectivity index (χ2n) is 6.04. The number of benzene rings is 1. The van der Waals surface area contributed by atoms with Crippen LogP contribution in [0, 0.1) is 0 Å². The second-order valence-corrected chi connectivity index (χ2v) is 6.04. The van der Waals surface area contributed by atoms with E-state index in [-0.39, 0.29) is 11.8 Å². The fourth-order valence-corrected chi connectivity index (χ4v) is 3.49. The van der Waals surface area contributed by atoms with Gasteiger partial charge in [0, 0.05) is 23.0 Å². The maximum Gasteiger partial charge on any atom is 0.248 e. The Morgan fingerprint density at radius 3 is 2.86 bits per heavy atom. The van der Waals surface area contributed by atoms with E-state index in [1.165, 1.54) is 6.92 Å². The minimum Gasteiger partial charge on any atom is -0.391 e. The summed E-state index contributed by atoms with van der Waals surface area (Å²) in [4.78, 5) is 29.8. The molecule has 2 amide bonds. The predicted molar refractivity (Wildman–Crippen MR) is 80.0 cm³/mol. The molecule has 22 heavy (non-hydrogen) atoms. The molecule has 6 nitrogen and oxygen atoms in total. The summed E-state index contributed by atoms with van der Waals surface area (Å²) < 4.78 is 0. The van der Waals surface area contributed by atoms with E-state index in [4.69, 9.17) is 0 Å². The number of fused-ring (bicyclic) bond motifs is 4. The van der Waals surface area contributed by atoms with E-state index in [1.54, 1.807) is 4.90 Å². The first-order chi connectivity index (χ1) is 10.6. The summed E-state index contributed by atoms with van der Waals surface area (Å²) in [5, 5.41) is 13.4. The Morgan fingerprint density at radius 2 is 2.09 bits per heavy atom. The Kier molecular flexibility index (Phi) is 2.77. The number of para-hydroxylation sites is 1. The van der Waals surface area contributed by atoms with Gasteiger partial charge < -0.3 is 20.3 Å². The molecule has 4 rings (SSSR count). The van der Waals surface area contributed by atoms with Crippen molar-refractivity contribution < 1.29 is 14.7 Å². The van der Waals surface area contributed by atoms with Gasteiger partial charge in [0.25, 0.3) is 0 Å². The lowest BCUT2D eigenvalue weighted by Crippen LogP contribution is -2.67. The van der Waals surface area contributed by atoms with Gasteiger partial charge in [0.1, 0.15) is 12.1 Å². The second kappa shape index (κ2) is 4.58. The predicted octanol–water partition coefficient (Wildman–Crippen LogP) is 0.300. The third-order valence-electron chi connectivity index (χ3n) is 4.64. The monoisotopic (exact) mass is 299 g/mol. The summed E-state index contributed by atoms with van der Waals surface area (Å²) in [6.45, 7) is 1.89. The average molecular weight is 299 g/mol. The minimum atomic E-state index is -0.901. The zero-order valence-electron chi connectivity index (χ0n) is 12.2. The van der Waals surface area contributed by atoms with Crippen LogP contribution in [0.5, 0.6) is 0 Å². The Labute approximate surface area is 127 Å². The number of carbonyl (C=O) groups excluding carboxylic acids is 2. The van der Waals surface area contributed by atoms with Crippen molar-refractivity contribution >= 4 is 22.7 Å². The number of hydrogen-bond donors (Lipinski definition) is 3. The number of amides is 2. The first-order valence-corrected chi connectivity index (χ1v) is 7.43. The molecule has 1 aromatic heterocycles. The van der Waals surface area contributed by atoms with Gasteiger partial charge in [0.2, 0.25) is 11.8 Å². The number of carbonyl (C=O) groups is 2. The van der Waals surface area contributed by atoms with Crippen molar-refractivity contribution in [2.45, 2.75) is 38.1 Å². The van der Waals surface area contributed by atoms with E-state index in [1.807, 2.05) is 24.3 Å². The summed E-state index contributed by atoms with van der Waals surface area (Å²) >= 11 is 0. The highest BCUT2D eigenvalue weighted by molar-refractivity contribution is 5.98. The van der Waals surface area contributed by atoms with E-state index in [0.717, 1.165) is 22.2 Å².